The number of amides is 1. The predicted molar refractivity (Wildman–Crippen MR) is 125 cm³/mol. The molecular weight excluding hydrogens is 378 g/mol. The lowest BCUT2D eigenvalue weighted by Gasteiger charge is -2.36. The van der Waals surface area contributed by atoms with Gasteiger partial charge in [-0.1, -0.05) is 63.3 Å². The summed E-state index contributed by atoms with van der Waals surface area (Å²) in [7, 11) is -1.75. The van der Waals surface area contributed by atoms with Crippen molar-refractivity contribution in [3.05, 3.63) is 61.2 Å². The van der Waals surface area contributed by atoms with E-state index in [2.05, 4.69) is 47.0 Å². The number of benzene rings is 1. The van der Waals surface area contributed by atoms with Gasteiger partial charge in [-0.3, -0.25) is 0 Å². The van der Waals surface area contributed by atoms with Crippen LogP contribution in [0.25, 0.3) is 0 Å². The Bertz CT molecular complexity index is 637. The van der Waals surface area contributed by atoms with E-state index in [0.29, 0.717) is 19.6 Å². The van der Waals surface area contributed by atoms with Gasteiger partial charge >= 0.3 is 6.09 Å². The Morgan fingerprint density at radius 2 is 1.83 bits per heavy atom. The third-order valence-electron chi connectivity index (χ3n) is 5.60. The molecule has 0 aromatic heterocycles. The number of hydrogen-bond acceptors (Lipinski definition) is 3. The zero-order chi connectivity index (χ0) is 21.9. The highest BCUT2D eigenvalue weighted by atomic mass is 28.4. The molecule has 0 aliphatic heterocycles. The van der Waals surface area contributed by atoms with Crippen molar-refractivity contribution in [1.82, 2.24) is 4.90 Å². The number of carbonyl (C=O) groups excluding carboxylic acids is 1. The minimum Gasteiger partial charge on any atom is -0.445 e. The second kappa shape index (κ2) is 12.0. The first-order valence-corrected chi connectivity index (χ1v) is 13.4. The Kier molecular flexibility index (Phi) is 10.4. The van der Waals surface area contributed by atoms with Crippen molar-refractivity contribution in [2.24, 2.45) is 0 Å². The minimum atomic E-state index is -1.75. The normalized spacial score (nSPS) is 12.9. The van der Waals surface area contributed by atoms with Crippen LogP contribution in [0.4, 0.5) is 4.79 Å². The Labute approximate surface area is 178 Å². The van der Waals surface area contributed by atoms with Gasteiger partial charge in [0.05, 0.1) is 0 Å². The summed E-state index contributed by atoms with van der Waals surface area (Å²) in [6.07, 6.45) is 5.74. The Morgan fingerprint density at radius 1 is 1.17 bits per heavy atom. The number of carbonyl (C=O) groups is 1. The molecule has 0 radical (unpaired) electrons. The maximum atomic E-state index is 12.7. The topological polar surface area (TPSA) is 38.8 Å². The molecule has 0 unspecified atom stereocenters. The molecule has 0 saturated heterocycles. The summed E-state index contributed by atoms with van der Waals surface area (Å²) < 4.78 is 11.8. The van der Waals surface area contributed by atoms with Crippen LogP contribution in [0.1, 0.15) is 45.6 Å². The SMILES string of the molecule is C=CC[C@@H](CCCO[Si](C)(C)C(C)(C)C)N(CC=C)C(=O)OCc1ccccc1. The van der Waals surface area contributed by atoms with Crippen molar-refractivity contribution in [1.29, 1.82) is 0 Å². The molecule has 1 amide bonds. The van der Waals surface area contributed by atoms with Gasteiger partial charge in [0.2, 0.25) is 0 Å². The summed E-state index contributed by atoms with van der Waals surface area (Å²) in [5.74, 6) is 0. The van der Waals surface area contributed by atoms with Crippen LogP contribution in [0.5, 0.6) is 0 Å². The highest BCUT2D eigenvalue weighted by Crippen LogP contribution is 2.36. The summed E-state index contributed by atoms with van der Waals surface area (Å²) in [5, 5.41) is 0.198. The van der Waals surface area contributed by atoms with E-state index in [-0.39, 0.29) is 23.8 Å². The molecule has 1 rings (SSSR count). The maximum Gasteiger partial charge on any atom is 0.410 e. The van der Waals surface area contributed by atoms with Crippen LogP contribution in [0.2, 0.25) is 18.1 Å². The molecule has 1 atom stereocenters. The molecule has 4 nitrogen and oxygen atoms in total. The van der Waals surface area contributed by atoms with Gasteiger partial charge < -0.3 is 14.1 Å². The van der Waals surface area contributed by atoms with Crippen LogP contribution in [-0.4, -0.2) is 38.5 Å². The second-order valence-electron chi connectivity index (χ2n) is 8.91. The lowest BCUT2D eigenvalue weighted by atomic mass is 10.1. The van der Waals surface area contributed by atoms with Gasteiger partial charge in [0.15, 0.2) is 8.32 Å². The second-order valence-corrected chi connectivity index (χ2v) is 13.7. The van der Waals surface area contributed by atoms with Crippen LogP contribution in [0.3, 0.4) is 0 Å². The molecule has 0 bridgehead atoms. The maximum absolute atomic E-state index is 12.7. The zero-order valence-electron chi connectivity index (χ0n) is 18.9. The minimum absolute atomic E-state index is 0.0248. The van der Waals surface area contributed by atoms with E-state index in [9.17, 15) is 4.79 Å². The highest BCUT2D eigenvalue weighted by Gasteiger charge is 2.37. The molecule has 162 valence electrons. The van der Waals surface area contributed by atoms with Gasteiger partial charge in [0, 0.05) is 19.2 Å². The highest BCUT2D eigenvalue weighted by molar-refractivity contribution is 6.74. The Balaban J connectivity index is 2.66. The summed E-state index contributed by atoms with van der Waals surface area (Å²) in [4.78, 5) is 14.5. The average Bonchev–Trinajstić information content (AvgIpc) is 2.66. The van der Waals surface area contributed by atoms with E-state index in [1.54, 1.807) is 11.0 Å². The summed E-state index contributed by atoms with van der Waals surface area (Å²) in [6, 6.07) is 9.74. The first-order valence-electron chi connectivity index (χ1n) is 10.5. The van der Waals surface area contributed by atoms with Crippen molar-refractivity contribution in [2.75, 3.05) is 13.2 Å². The van der Waals surface area contributed by atoms with Crippen LogP contribution in [-0.2, 0) is 15.8 Å². The molecule has 5 heteroatoms. The van der Waals surface area contributed by atoms with E-state index in [4.69, 9.17) is 9.16 Å². The standard InChI is InChI=1S/C24H39NO3Si/c1-8-14-22(17-13-19-28-29(6,7)24(3,4)5)25(18-9-2)23(26)27-20-21-15-11-10-12-16-21/h8-12,15-16,22H,1-2,13-14,17-20H2,3-7H3/t22-/m0/s1. The van der Waals surface area contributed by atoms with Crippen LogP contribution >= 0.6 is 0 Å². The zero-order valence-corrected chi connectivity index (χ0v) is 19.9. The van der Waals surface area contributed by atoms with Crippen molar-refractivity contribution in [2.45, 2.75) is 70.8 Å². The number of nitrogens with zero attached hydrogens (tertiary/aromatic N) is 1. The molecular formula is C24H39NO3Si. The number of ether oxygens (including phenoxy) is 1. The first kappa shape index (κ1) is 25.2. The molecule has 1 aromatic carbocycles. The molecule has 0 N–H and O–H groups in total. The van der Waals surface area contributed by atoms with E-state index in [1.807, 2.05) is 36.4 Å². The molecule has 0 heterocycles. The Morgan fingerprint density at radius 3 is 2.38 bits per heavy atom. The summed E-state index contributed by atoms with van der Waals surface area (Å²) >= 11 is 0. The van der Waals surface area contributed by atoms with Gasteiger partial charge in [-0.05, 0) is 43.0 Å². The van der Waals surface area contributed by atoms with Gasteiger partial charge in [0.25, 0.3) is 0 Å². The van der Waals surface area contributed by atoms with Gasteiger partial charge in [0.1, 0.15) is 6.61 Å². The fourth-order valence-corrected chi connectivity index (χ4v) is 3.86. The molecule has 1 aromatic rings. The number of hydrogen-bond donors (Lipinski definition) is 0. The van der Waals surface area contributed by atoms with Gasteiger partial charge in [-0.2, -0.15) is 0 Å². The van der Waals surface area contributed by atoms with E-state index < -0.39 is 8.32 Å². The van der Waals surface area contributed by atoms with E-state index >= 15 is 0 Å². The number of rotatable bonds is 12. The van der Waals surface area contributed by atoms with Crippen LogP contribution in [0, 0.1) is 0 Å². The predicted octanol–water partition coefficient (Wildman–Crippen LogP) is 6.56. The summed E-state index contributed by atoms with van der Waals surface area (Å²) in [6.45, 7) is 20.4. The smallest absolute Gasteiger partial charge is 0.410 e. The van der Waals surface area contributed by atoms with Crippen LogP contribution in [0.15, 0.2) is 55.6 Å². The summed E-state index contributed by atoms with van der Waals surface area (Å²) in [5.41, 5.74) is 0.974. The molecule has 0 aliphatic carbocycles. The van der Waals surface area contributed by atoms with Gasteiger partial charge in [-0.15, -0.1) is 13.2 Å². The molecule has 0 saturated carbocycles. The third kappa shape index (κ3) is 8.58. The lowest BCUT2D eigenvalue weighted by Crippen LogP contribution is -2.42. The third-order valence-corrected chi connectivity index (χ3v) is 10.1. The van der Waals surface area contributed by atoms with Crippen molar-refractivity contribution in [3.63, 3.8) is 0 Å². The van der Waals surface area contributed by atoms with Crippen molar-refractivity contribution < 1.29 is 14.0 Å². The van der Waals surface area contributed by atoms with Gasteiger partial charge in [-0.25, -0.2) is 4.79 Å². The fourth-order valence-electron chi connectivity index (χ4n) is 2.77. The molecule has 0 spiro atoms. The van der Waals surface area contributed by atoms with Crippen molar-refractivity contribution >= 4 is 14.4 Å². The van der Waals surface area contributed by atoms with Crippen LogP contribution < -0.4 is 0 Å². The van der Waals surface area contributed by atoms with Crippen molar-refractivity contribution in [3.8, 4) is 0 Å². The van der Waals surface area contributed by atoms with E-state index in [0.717, 1.165) is 18.4 Å². The average molecular weight is 418 g/mol. The molecule has 0 fully saturated rings. The Hall–Kier alpha value is -1.85. The molecule has 0 aliphatic rings. The monoisotopic (exact) mass is 417 g/mol. The lowest BCUT2D eigenvalue weighted by molar-refractivity contribution is 0.0822. The molecule has 29 heavy (non-hydrogen) atoms. The first-order chi connectivity index (χ1) is 13.6. The largest absolute Gasteiger partial charge is 0.445 e. The van der Waals surface area contributed by atoms with E-state index in [1.165, 1.54) is 0 Å². The fraction of sp³-hybridized carbons (Fsp3) is 0.542. The quantitative estimate of drug-likeness (QED) is 0.220.